The average molecular weight is 382 g/mol. The molecular weight excluding hydrogens is 357 g/mol. The lowest BCUT2D eigenvalue weighted by Crippen LogP contribution is -2.45. The number of fused-ring (bicyclic) bond motifs is 3. The van der Waals surface area contributed by atoms with Gasteiger partial charge in [0.1, 0.15) is 0 Å². The number of nitrogens with two attached hydrogens (primary N) is 1. The Morgan fingerprint density at radius 3 is 2.68 bits per heavy atom. The number of nitrogens with one attached hydrogen (secondary N) is 1. The zero-order valence-electron chi connectivity index (χ0n) is 14.1. The third kappa shape index (κ3) is 3.76. The Balaban J connectivity index is 0.00000113. The Morgan fingerprint density at radius 1 is 1.16 bits per heavy atom. The van der Waals surface area contributed by atoms with Gasteiger partial charge in [-0.2, -0.15) is 0 Å². The van der Waals surface area contributed by atoms with Crippen LogP contribution in [-0.4, -0.2) is 23.5 Å². The van der Waals surface area contributed by atoms with Crippen LogP contribution in [0, 0.1) is 17.8 Å². The number of benzene rings is 1. The summed E-state index contributed by atoms with van der Waals surface area (Å²) in [5, 5.41) is 4.25. The van der Waals surface area contributed by atoms with E-state index >= 15 is 0 Å². The molecule has 3 N–H and O–H groups in total. The lowest BCUT2D eigenvalue weighted by molar-refractivity contribution is -0.127. The van der Waals surface area contributed by atoms with Crippen molar-refractivity contribution in [2.75, 3.05) is 6.54 Å². The molecule has 136 valence electrons. The summed E-state index contributed by atoms with van der Waals surface area (Å²) in [5.41, 5.74) is 8.46. The van der Waals surface area contributed by atoms with E-state index in [4.69, 9.17) is 5.73 Å². The predicted octanol–water partition coefficient (Wildman–Crippen LogP) is 3.11. The number of amides is 1. The van der Waals surface area contributed by atoms with Crippen LogP contribution >= 0.6 is 24.8 Å². The summed E-state index contributed by atoms with van der Waals surface area (Å²) in [6.07, 6.45) is 6.14. The van der Waals surface area contributed by atoms with Crippen LogP contribution in [0.25, 0.3) is 10.9 Å². The lowest BCUT2D eigenvalue weighted by atomic mass is 9.84. The fourth-order valence-electron chi connectivity index (χ4n) is 4.53. The third-order valence-corrected chi connectivity index (χ3v) is 5.69. The van der Waals surface area contributed by atoms with Gasteiger partial charge >= 0.3 is 0 Å². The van der Waals surface area contributed by atoms with Crippen LogP contribution in [0.2, 0.25) is 0 Å². The number of carbonyl (C=O) groups is 1. The monoisotopic (exact) mass is 381 g/mol. The zero-order valence-corrected chi connectivity index (χ0v) is 15.7. The maximum atomic E-state index is 12.5. The number of nitrogens with zero attached hydrogens (tertiary/aromatic N) is 1. The van der Waals surface area contributed by atoms with E-state index in [9.17, 15) is 4.79 Å². The van der Waals surface area contributed by atoms with Gasteiger partial charge in [0.2, 0.25) is 5.91 Å². The largest absolute Gasteiger partial charge is 0.355 e. The quantitative estimate of drug-likeness (QED) is 0.854. The van der Waals surface area contributed by atoms with Crippen molar-refractivity contribution in [2.24, 2.45) is 23.5 Å². The van der Waals surface area contributed by atoms with Gasteiger partial charge in [-0.1, -0.05) is 24.3 Å². The molecular formula is C19H25Cl2N3O. The van der Waals surface area contributed by atoms with Gasteiger partial charge in [0.25, 0.3) is 0 Å². The normalized spacial score (nSPS) is 26.8. The van der Waals surface area contributed by atoms with Gasteiger partial charge < -0.3 is 11.1 Å². The maximum Gasteiger partial charge on any atom is 0.224 e. The Kier molecular flexibility index (Phi) is 6.66. The topological polar surface area (TPSA) is 68.0 Å². The third-order valence-electron chi connectivity index (χ3n) is 5.69. The van der Waals surface area contributed by atoms with Gasteiger partial charge in [0.05, 0.1) is 11.4 Å². The average Bonchev–Trinajstić information content (AvgIpc) is 3.16. The molecule has 4 rings (SSSR count). The number of carbonyl (C=O) groups excluding carboxylic acids is 1. The van der Waals surface area contributed by atoms with Gasteiger partial charge in [-0.15, -0.1) is 24.8 Å². The molecule has 0 aliphatic heterocycles. The first kappa shape index (κ1) is 20.0. The van der Waals surface area contributed by atoms with Gasteiger partial charge in [0.15, 0.2) is 0 Å². The number of halogens is 2. The highest BCUT2D eigenvalue weighted by Gasteiger charge is 2.48. The highest BCUT2D eigenvalue weighted by Crippen LogP contribution is 2.47. The van der Waals surface area contributed by atoms with Crippen molar-refractivity contribution in [2.45, 2.75) is 31.7 Å². The molecule has 1 heterocycles. The van der Waals surface area contributed by atoms with E-state index in [1.54, 1.807) is 0 Å². The van der Waals surface area contributed by atoms with Crippen LogP contribution in [0.5, 0.6) is 0 Å². The molecule has 2 aliphatic carbocycles. The van der Waals surface area contributed by atoms with Crippen LogP contribution in [0.3, 0.4) is 0 Å². The van der Waals surface area contributed by atoms with Crippen LogP contribution in [0.4, 0.5) is 0 Å². The first-order valence-electron chi connectivity index (χ1n) is 8.60. The molecule has 25 heavy (non-hydrogen) atoms. The van der Waals surface area contributed by atoms with Crippen molar-refractivity contribution in [3.05, 3.63) is 42.1 Å². The standard InChI is InChI=1S/C19H23N3O.2ClH/c20-17-15-7-6-14(11-15)16(17)19(23)22-10-8-13-4-1-3-12-5-2-9-21-18(12)13;;/h1-5,9,14-17H,6-8,10-11,20H2,(H,22,23);2*1H. The lowest BCUT2D eigenvalue weighted by Gasteiger charge is -2.27. The molecule has 2 saturated carbocycles. The molecule has 2 bridgehead atoms. The van der Waals surface area contributed by atoms with E-state index in [0.717, 1.165) is 23.7 Å². The highest BCUT2D eigenvalue weighted by atomic mass is 35.5. The highest BCUT2D eigenvalue weighted by molar-refractivity contribution is 5.85. The van der Waals surface area contributed by atoms with E-state index < -0.39 is 0 Å². The molecule has 0 spiro atoms. The van der Waals surface area contributed by atoms with Crippen molar-refractivity contribution in [3.8, 4) is 0 Å². The van der Waals surface area contributed by atoms with Crippen LogP contribution in [0.15, 0.2) is 36.5 Å². The van der Waals surface area contributed by atoms with E-state index in [-0.39, 0.29) is 42.7 Å². The molecule has 4 unspecified atom stereocenters. The van der Waals surface area contributed by atoms with Crippen molar-refractivity contribution >= 4 is 41.6 Å². The smallest absolute Gasteiger partial charge is 0.224 e. The van der Waals surface area contributed by atoms with Crippen molar-refractivity contribution in [1.29, 1.82) is 0 Å². The second-order valence-corrected chi connectivity index (χ2v) is 6.97. The fraction of sp³-hybridized carbons (Fsp3) is 0.474. The van der Waals surface area contributed by atoms with E-state index in [0.29, 0.717) is 18.4 Å². The molecule has 1 aromatic heterocycles. The van der Waals surface area contributed by atoms with Crippen LogP contribution in [0.1, 0.15) is 24.8 Å². The van der Waals surface area contributed by atoms with Gasteiger partial charge in [-0.25, -0.2) is 0 Å². The van der Waals surface area contributed by atoms with E-state index in [1.165, 1.54) is 18.4 Å². The second kappa shape index (κ2) is 8.35. The fourth-order valence-corrected chi connectivity index (χ4v) is 4.53. The van der Waals surface area contributed by atoms with Crippen LogP contribution in [-0.2, 0) is 11.2 Å². The molecule has 0 saturated heterocycles. The molecule has 6 heteroatoms. The number of para-hydroxylation sites is 1. The number of aromatic nitrogens is 1. The van der Waals surface area contributed by atoms with Crippen molar-refractivity contribution < 1.29 is 4.79 Å². The SMILES string of the molecule is Cl.Cl.NC1C2CCC(C2)C1C(=O)NCCc1cccc2cccnc12. The van der Waals surface area contributed by atoms with E-state index in [1.807, 2.05) is 18.3 Å². The first-order chi connectivity index (χ1) is 11.2. The molecule has 4 nitrogen and oxygen atoms in total. The summed E-state index contributed by atoms with van der Waals surface area (Å²) >= 11 is 0. The molecule has 1 aromatic carbocycles. The summed E-state index contributed by atoms with van der Waals surface area (Å²) in [7, 11) is 0. The molecule has 2 fully saturated rings. The van der Waals surface area contributed by atoms with Gasteiger partial charge in [0, 0.05) is 24.2 Å². The summed E-state index contributed by atoms with van der Waals surface area (Å²) in [5.74, 6) is 1.25. The molecule has 1 amide bonds. The summed E-state index contributed by atoms with van der Waals surface area (Å²) in [6.45, 7) is 0.648. The molecule has 4 atom stereocenters. The Hall–Kier alpha value is -1.36. The zero-order chi connectivity index (χ0) is 15.8. The minimum atomic E-state index is 0. The number of rotatable bonds is 4. The minimum absolute atomic E-state index is 0. The van der Waals surface area contributed by atoms with Gasteiger partial charge in [-0.3, -0.25) is 9.78 Å². The minimum Gasteiger partial charge on any atom is -0.355 e. The van der Waals surface area contributed by atoms with E-state index in [2.05, 4.69) is 28.5 Å². The summed E-state index contributed by atoms with van der Waals surface area (Å²) in [6, 6.07) is 10.3. The Labute approximate surface area is 160 Å². The Morgan fingerprint density at radius 2 is 1.92 bits per heavy atom. The van der Waals surface area contributed by atoms with Gasteiger partial charge in [-0.05, 0) is 49.1 Å². The molecule has 2 aliphatic rings. The number of hydrogen-bond acceptors (Lipinski definition) is 3. The number of pyridine rings is 1. The number of hydrogen-bond donors (Lipinski definition) is 2. The maximum absolute atomic E-state index is 12.5. The first-order valence-corrected chi connectivity index (χ1v) is 8.60. The second-order valence-electron chi connectivity index (χ2n) is 6.97. The summed E-state index contributed by atoms with van der Waals surface area (Å²) < 4.78 is 0. The molecule has 0 radical (unpaired) electrons. The van der Waals surface area contributed by atoms with Crippen molar-refractivity contribution in [3.63, 3.8) is 0 Å². The van der Waals surface area contributed by atoms with Crippen LogP contribution < -0.4 is 11.1 Å². The predicted molar refractivity (Wildman–Crippen MR) is 105 cm³/mol. The Bertz CT molecular complexity index is 732. The van der Waals surface area contributed by atoms with Crippen molar-refractivity contribution in [1.82, 2.24) is 10.3 Å². The molecule has 2 aromatic rings. The summed E-state index contributed by atoms with van der Waals surface area (Å²) in [4.78, 5) is 17.0.